The Labute approximate surface area is 186 Å². The SMILES string of the molecule is CN1C(=O)[C@H](NC(=O)Nc2ccc(Br)cc2F)N=C(c2ccccc2)c2ccccc21. The Kier molecular flexibility index (Phi) is 5.81. The Balaban J connectivity index is 1.68. The maximum Gasteiger partial charge on any atom is 0.321 e. The summed E-state index contributed by atoms with van der Waals surface area (Å²) in [6, 6.07) is 20.4. The lowest BCUT2D eigenvalue weighted by Crippen LogP contribution is -2.47. The van der Waals surface area contributed by atoms with Crippen LogP contribution >= 0.6 is 15.9 Å². The number of likely N-dealkylation sites (N-methyl/N-ethyl adjacent to an activating group) is 1. The van der Waals surface area contributed by atoms with Crippen LogP contribution in [0.15, 0.2) is 82.3 Å². The van der Waals surface area contributed by atoms with Crippen molar-refractivity contribution in [3.8, 4) is 0 Å². The number of hydrogen-bond donors (Lipinski definition) is 2. The van der Waals surface area contributed by atoms with Crippen LogP contribution in [0.25, 0.3) is 0 Å². The molecule has 0 saturated carbocycles. The number of aliphatic imine (C=N–C) groups is 1. The fourth-order valence-electron chi connectivity index (χ4n) is 3.32. The summed E-state index contributed by atoms with van der Waals surface area (Å²) in [6.45, 7) is 0. The van der Waals surface area contributed by atoms with E-state index < -0.39 is 23.9 Å². The number of amides is 3. The number of urea groups is 1. The van der Waals surface area contributed by atoms with Gasteiger partial charge >= 0.3 is 6.03 Å². The van der Waals surface area contributed by atoms with Crippen molar-refractivity contribution in [1.82, 2.24) is 5.32 Å². The zero-order valence-corrected chi connectivity index (χ0v) is 18.1. The van der Waals surface area contributed by atoms with Crippen molar-refractivity contribution < 1.29 is 14.0 Å². The van der Waals surface area contributed by atoms with Crippen molar-refractivity contribution in [2.45, 2.75) is 6.17 Å². The minimum absolute atomic E-state index is 0.00864. The number of nitrogens with one attached hydrogen (secondary N) is 2. The molecular formula is C23H18BrFN4O2. The molecule has 1 aliphatic rings. The van der Waals surface area contributed by atoms with Crippen LogP contribution in [0.4, 0.5) is 20.6 Å². The Hall–Kier alpha value is -3.52. The van der Waals surface area contributed by atoms with Crippen LogP contribution in [-0.4, -0.2) is 30.9 Å². The van der Waals surface area contributed by atoms with Crippen molar-refractivity contribution in [2.24, 2.45) is 4.99 Å². The Morgan fingerprint density at radius 3 is 2.52 bits per heavy atom. The lowest BCUT2D eigenvalue weighted by Gasteiger charge is -2.21. The van der Waals surface area contributed by atoms with Crippen LogP contribution < -0.4 is 15.5 Å². The van der Waals surface area contributed by atoms with Crippen LogP contribution in [0.2, 0.25) is 0 Å². The molecule has 3 amide bonds. The molecule has 156 valence electrons. The first kappa shape index (κ1) is 20.7. The number of anilines is 2. The third-order valence-electron chi connectivity index (χ3n) is 4.84. The molecule has 0 bridgehead atoms. The summed E-state index contributed by atoms with van der Waals surface area (Å²) in [4.78, 5) is 31.7. The molecule has 1 aliphatic heterocycles. The summed E-state index contributed by atoms with van der Waals surface area (Å²) in [6.07, 6.45) is -1.19. The van der Waals surface area contributed by atoms with Crippen molar-refractivity contribution in [3.63, 3.8) is 0 Å². The minimum atomic E-state index is -1.19. The average molecular weight is 481 g/mol. The number of benzene rings is 3. The van der Waals surface area contributed by atoms with Gasteiger partial charge in [-0.2, -0.15) is 0 Å². The molecule has 4 rings (SSSR count). The predicted molar refractivity (Wildman–Crippen MR) is 122 cm³/mol. The number of carbonyl (C=O) groups excluding carboxylic acids is 2. The third-order valence-corrected chi connectivity index (χ3v) is 5.33. The lowest BCUT2D eigenvalue weighted by atomic mass is 10.0. The molecule has 0 aromatic heterocycles. The molecule has 8 heteroatoms. The maximum absolute atomic E-state index is 14.1. The van der Waals surface area contributed by atoms with Crippen molar-refractivity contribution in [1.29, 1.82) is 0 Å². The van der Waals surface area contributed by atoms with Gasteiger partial charge in [-0.05, 0) is 24.3 Å². The van der Waals surface area contributed by atoms with Gasteiger partial charge in [-0.15, -0.1) is 0 Å². The number of para-hydroxylation sites is 1. The highest BCUT2D eigenvalue weighted by Gasteiger charge is 2.31. The van der Waals surface area contributed by atoms with E-state index in [1.807, 2.05) is 54.6 Å². The second-order valence-corrected chi connectivity index (χ2v) is 7.80. The Morgan fingerprint density at radius 1 is 1.06 bits per heavy atom. The van der Waals surface area contributed by atoms with Crippen molar-refractivity contribution in [2.75, 3.05) is 17.3 Å². The van der Waals surface area contributed by atoms with Gasteiger partial charge in [0.25, 0.3) is 5.91 Å². The first-order chi connectivity index (χ1) is 14.9. The van der Waals surface area contributed by atoms with Gasteiger partial charge in [0.1, 0.15) is 5.82 Å². The summed E-state index contributed by atoms with van der Waals surface area (Å²) in [5.74, 6) is -1.01. The number of carbonyl (C=O) groups is 2. The van der Waals surface area contributed by atoms with Gasteiger partial charge in [-0.25, -0.2) is 14.2 Å². The minimum Gasteiger partial charge on any atom is -0.311 e. The zero-order valence-electron chi connectivity index (χ0n) is 16.5. The Morgan fingerprint density at radius 2 is 1.77 bits per heavy atom. The fraction of sp³-hybridized carbons (Fsp3) is 0.0870. The molecule has 1 atom stereocenters. The monoisotopic (exact) mass is 480 g/mol. The highest BCUT2D eigenvalue weighted by Crippen LogP contribution is 2.27. The van der Waals surface area contributed by atoms with Gasteiger partial charge in [0.2, 0.25) is 6.17 Å². The second-order valence-electron chi connectivity index (χ2n) is 6.88. The topological polar surface area (TPSA) is 73.8 Å². The number of hydrogen-bond acceptors (Lipinski definition) is 3. The molecule has 0 radical (unpaired) electrons. The maximum atomic E-state index is 14.1. The molecule has 3 aromatic carbocycles. The molecular weight excluding hydrogens is 463 g/mol. The van der Waals surface area contributed by atoms with E-state index >= 15 is 0 Å². The van der Waals surface area contributed by atoms with E-state index in [9.17, 15) is 14.0 Å². The van der Waals surface area contributed by atoms with E-state index in [4.69, 9.17) is 0 Å². The standard InChI is InChI=1S/C23H18BrFN4O2/c1-29-19-10-6-5-9-16(19)20(14-7-3-2-4-8-14)27-21(22(29)30)28-23(31)26-18-12-11-15(24)13-17(18)25/h2-13,21H,1H3,(H2,26,28,31)/t21-/m0/s1. The molecule has 31 heavy (non-hydrogen) atoms. The average Bonchev–Trinajstić information content (AvgIpc) is 2.87. The van der Waals surface area contributed by atoms with E-state index in [1.165, 1.54) is 17.0 Å². The number of nitrogens with zero attached hydrogens (tertiary/aromatic N) is 2. The number of rotatable bonds is 3. The molecule has 6 nitrogen and oxygen atoms in total. The molecule has 0 fully saturated rings. The molecule has 0 unspecified atom stereocenters. The summed E-state index contributed by atoms with van der Waals surface area (Å²) < 4.78 is 14.6. The smallest absolute Gasteiger partial charge is 0.311 e. The van der Waals surface area contributed by atoms with E-state index in [0.29, 0.717) is 15.9 Å². The van der Waals surface area contributed by atoms with Crippen LogP contribution in [0, 0.1) is 5.82 Å². The van der Waals surface area contributed by atoms with Crippen LogP contribution in [0.1, 0.15) is 11.1 Å². The zero-order chi connectivity index (χ0) is 22.0. The van der Waals surface area contributed by atoms with Gasteiger partial charge < -0.3 is 15.5 Å². The van der Waals surface area contributed by atoms with Crippen LogP contribution in [0.3, 0.4) is 0 Å². The summed E-state index contributed by atoms with van der Waals surface area (Å²) in [5.41, 5.74) is 2.83. The molecule has 0 spiro atoms. The van der Waals surface area contributed by atoms with Gasteiger partial charge in [-0.1, -0.05) is 64.5 Å². The highest BCUT2D eigenvalue weighted by atomic mass is 79.9. The highest BCUT2D eigenvalue weighted by molar-refractivity contribution is 9.10. The van der Waals surface area contributed by atoms with E-state index in [-0.39, 0.29) is 5.69 Å². The van der Waals surface area contributed by atoms with E-state index in [0.717, 1.165) is 11.1 Å². The van der Waals surface area contributed by atoms with Gasteiger partial charge in [0, 0.05) is 22.6 Å². The van der Waals surface area contributed by atoms with Crippen molar-refractivity contribution >= 4 is 45.0 Å². The number of fused-ring (bicyclic) bond motifs is 1. The largest absolute Gasteiger partial charge is 0.321 e. The Bertz CT molecular complexity index is 1180. The number of halogens is 2. The number of benzodiazepines with no additional fused rings is 1. The molecule has 3 aromatic rings. The molecule has 2 N–H and O–H groups in total. The van der Waals surface area contributed by atoms with Crippen LogP contribution in [0.5, 0.6) is 0 Å². The molecule has 0 aliphatic carbocycles. The summed E-state index contributed by atoms with van der Waals surface area (Å²) in [7, 11) is 1.63. The predicted octanol–water partition coefficient (Wildman–Crippen LogP) is 4.55. The first-order valence-electron chi connectivity index (χ1n) is 9.47. The second kappa shape index (κ2) is 8.69. The summed E-state index contributed by atoms with van der Waals surface area (Å²) >= 11 is 3.17. The molecule has 1 heterocycles. The fourth-order valence-corrected chi connectivity index (χ4v) is 3.65. The van der Waals surface area contributed by atoms with Gasteiger partial charge in [-0.3, -0.25) is 4.79 Å². The molecule has 0 saturated heterocycles. The van der Waals surface area contributed by atoms with Crippen molar-refractivity contribution in [3.05, 3.63) is 94.2 Å². The third kappa shape index (κ3) is 4.34. The van der Waals surface area contributed by atoms with E-state index in [2.05, 4.69) is 31.6 Å². The normalized spacial score (nSPS) is 15.6. The van der Waals surface area contributed by atoms with E-state index in [1.54, 1.807) is 13.1 Å². The van der Waals surface area contributed by atoms with Crippen LogP contribution in [-0.2, 0) is 4.79 Å². The summed E-state index contributed by atoms with van der Waals surface area (Å²) in [5, 5.41) is 4.99. The lowest BCUT2D eigenvalue weighted by molar-refractivity contribution is -0.119. The van der Waals surface area contributed by atoms with Gasteiger partial charge in [0.05, 0.1) is 17.1 Å². The first-order valence-corrected chi connectivity index (χ1v) is 10.3. The van der Waals surface area contributed by atoms with Gasteiger partial charge in [0.15, 0.2) is 0 Å². The quantitative estimate of drug-likeness (QED) is 0.576.